The number of rotatable bonds is 6. The number of hydrogen-bond acceptors (Lipinski definition) is 6. The summed E-state index contributed by atoms with van der Waals surface area (Å²) >= 11 is 1.43. The number of Topliss-reactive ketones (excluding diaryl/α,β-unsaturated/α-hetero) is 1. The van der Waals surface area contributed by atoms with Crippen LogP contribution >= 0.6 is 11.3 Å². The first-order valence-corrected chi connectivity index (χ1v) is 12.1. The molecule has 2 N–H and O–H groups in total. The number of imide groups is 1. The fraction of sp³-hybridized carbons (Fsp3) is 0.400. The Hall–Kier alpha value is -3.33. The van der Waals surface area contributed by atoms with Crippen LogP contribution in [0, 0.1) is 0 Å². The average molecular weight is 482 g/mol. The number of piperidine rings is 1. The normalized spacial score (nSPS) is 18.0. The largest absolute Gasteiger partial charge is 0.349 e. The molecule has 1 aromatic heterocycles. The zero-order valence-corrected chi connectivity index (χ0v) is 20.2. The van der Waals surface area contributed by atoms with E-state index in [1.807, 2.05) is 12.1 Å². The third-order valence-electron chi connectivity index (χ3n) is 6.24. The summed E-state index contributed by atoms with van der Waals surface area (Å²) in [5.74, 6) is -2.24. The van der Waals surface area contributed by atoms with E-state index in [9.17, 15) is 24.0 Å². The van der Waals surface area contributed by atoms with E-state index in [-0.39, 0.29) is 30.2 Å². The van der Waals surface area contributed by atoms with Gasteiger partial charge in [-0.2, -0.15) is 0 Å². The Kier molecular flexibility index (Phi) is 6.40. The number of nitrogens with one attached hydrogen (secondary N) is 2. The van der Waals surface area contributed by atoms with Gasteiger partial charge < -0.3 is 10.2 Å². The fourth-order valence-corrected chi connectivity index (χ4v) is 5.28. The Bertz CT molecular complexity index is 1180. The van der Waals surface area contributed by atoms with Crippen molar-refractivity contribution in [3.05, 3.63) is 56.8 Å². The topological polar surface area (TPSA) is 113 Å². The summed E-state index contributed by atoms with van der Waals surface area (Å²) in [7, 11) is 0. The molecular weight excluding hydrogens is 454 g/mol. The minimum atomic E-state index is -0.669. The molecule has 2 aliphatic rings. The number of ketones is 1. The van der Waals surface area contributed by atoms with Crippen molar-refractivity contribution in [1.29, 1.82) is 0 Å². The number of carbonyl (C=O) groups is 5. The monoisotopic (exact) mass is 481 g/mol. The Morgan fingerprint density at radius 2 is 1.85 bits per heavy atom. The maximum absolute atomic E-state index is 12.8. The second kappa shape index (κ2) is 9.13. The molecule has 0 bridgehead atoms. The van der Waals surface area contributed by atoms with E-state index in [4.69, 9.17) is 0 Å². The molecule has 2 aliphatic heterocycles. The number of nitrogens with zero attached hydrogens (tertiary/aromatic N) is 1. The highest BCUT2D eigenvalue weighted by Gasteiger charge is 2.40. The first-order valence-electron chi connectivity index (χ1n) is 11.2. The molecule has 0 radical (unpaired) electrons. The number of benzene rings is 1. The SMILES string of the molecule is CC(C)(C)c1ccc(C(=O)C(=O)NCCc2scc3c2CN([C@H]2CCC(=O)NC2=O)C3=O)cc1. The van der Waals surface area contributed by atoms with Crippen molar-refractivity contribution in [2.24, 2.45) is 0 Å². The van der Waals surface area contributed by atoms with Crippen LogP contribution in [0.1, 0.15) is 70.3 Å². The average Bonchev–Trinajstić information content (AvgIpc) is 3.33. The van der Waals surface area contributed by atoms with Crippen LogP contribution in [0.4, 0.5) is 0 Å². The van der Waals surface area contributed by atoms with E-state index in [1.165, 1.54) is 16.2 Å². The van der Waals surface area contributed by atoms with E-state index in [0.717, 1.165) is 16.0 Å². The molecule has 1 saturated heterocycles. The van der Waals surface area contributed by atoms with Crippen molar-refractivity contribution in [3.8, 4) is 0 Å². The first-order chi connectivity index (χ1) is 16.1. The third-order valence-corrected chi connectivity index (χ3v) is 7.33. The maximum atomic E-state index is 12.8. The van der Waals surface area contributed by atoms with Crippen molar-refractivity contribution in [3.63, 3.8) is 0 Å². The summed E-state index contributed by atoms with van der Waals surface area (Å²) in [5, 5.41) is 6.73. The summed E-state index contributed by atoms with van der Waals surface area (Å²) in [6.45, 7) is 6.79. The van der Waals surface area contributed by atoms with Gasteiger partial charge in [0.05, 0.1) is 5.56 Å². The highest BCUT2D eigenvalue weighted by molar-refractivity contribution is 7.10. The van der Waals surface area contributed by atoms with Gasteiger partial charge in [-0.3, -0.25) is 29.3 Å². The highest BCUT2D eigenvalue weighted by atomic mass is 32.1. The summed E-state index contributed by atoms with van der Waals surface area (Å²) in [6, 6.07) is 6.41. The van der Waals surface area contributed by atoms with Gasteiger partial charge in [0.2, 0.25) is 17.6 Å². The number of thiophene rings is 1. The lowest BCUT2D eigenvalue weighted by Crippen LogP contribution is -2.52. The van der Waals surface area contributed by atoms with Gasteiger partial charge in [0, 0.05) is 35.3 Å². The van der Waals surface area contributed by atoms with Gasteiger partial charge in [-0.05, 0) is 29.4 Å². The molecule has 0 unspecified atom stereocenters. The minimum absolute atomic E-state index is 0.0417. The Labute approximate surface area is 201 Å². The number of hydrogen-bond donors (Lipinski definition) is 2. The Morgan fingerprint density at radius 1 is 1.15 bits per heavy atom. The van der Waals surface area contributed by atoms with E-state index in [0.29, 0.717) is 30.5 Å². The highest BCUT2D eigenvalue weighted by Crippen LogP contribution is 2.34. The second-order valence-electron chi connectivity index (χ2n) is 9.61. The van der Waals surface area contributed by atoms with Crippen molar-refractivity contribution in [1.82, 2.24) is 15.5 Å². The van der Waals surface area contributed by atoms with E-state index < -0.39 is 23.6 Å². The van der Waals surface area contributed by atoms with Crippen molar-refractivity contribution in [2.45, 2.75) is 58.0 Å². The molecule has 0 aliphatic carbocycles. The zero-order chi connectivity index (χ0) is 24.6. The second-order valence-corrected chi connectivity index (χ2v) is 10.6. The van der Waals surface area contributed by atoms with E-state index >= 15 is 0 Å². The van der Waals surface area contributed by atoms with Gasteiger partial charge in [-0.1, -0.05) is 45.0 Å². The van der Waals surface area contributed by atoms with Gasteiger partial charge in [0.15, 0.2) is 0 Å². The van der Waals surface area contributed by atoms with Crippen LogP contribution in [0.2, 0.25) is 0 Å². The molecule has 9 heteroatoms. The number of amides is 4. The van der Waals surface area contributed by atoms with Crippen molar-refractivity contribution in [2.75, 3.05) is 6.54 Å². The van der Waals surface area contributed by atoms with Crippen LogP contribution in [-0.4, -0.2) is 46.9 Å². The van der Waals surface area contributed by atoms with Crippen molar-refractivity contribution >= 4 is 40.7 Å². The molecule has 0 spiro atoms. The van der Waals surface area contributed by atoms with Gasteiger partial charge in [0.25, 0.3) is 11.8 Å². The molecular formula is C25H27N3O5S. The van der Waals surface area contributed by atoms with Crippen LogP contribution in [-0.2, 0) is 32.8 Å². The minimum Gasteiger partial charge on any atom is -0.349 e. The number of fused-ring (bicyclic) bond motifs is 1. The first kappa shape index (κ1) is 23.8. The molecule has 34 heavy (non-hydrogen) atoms. The summed E-state index contributed by atoms with van der Waals surface area (Å²) < 4.78 is 0. The summed E-state index contributed by atoms with van der Waals surface area (Å²) in [5.41, 5.74) is 2.79. The molecule has 1 atom stereocenters. The maximum Gasteiger partial charge on any atom is 0.292 e. The summed E-state index contributed by atoms with van der Waals surface area (Å²) in [6.07, 6.45) is 0.992. The predicted octanol–water partition coefficient (Wildman–Crippen LogP) is 2.35. The van der Waals surface area contributed by atoms with Crippen LogP contribution in [0.5, 0.6) is 0 Å². The molecule has 4 amide bonds. The van der Waals surface area contributed by atoms with Gasteiger partial charge in [-0.15, -0.1) is 11.3 Å². The molecule has 178 valence electrons. The van der Waals surface area contributed by atoms with Gasteiger partial charge in [-0.25, -0.2) is 0 Å². The molecule has 1 fully saturated rings. The molecule has 2 aromatic rings. The predicted molar refractivity (Wildman–Crippen MR) is 127 cm³/mol. The lowest BCUT2D eigenvalue weighted by Gasteiger charge is -2.29. The van der Waals surface area contributed by atoms with Crippen LogP contribution in [0.15, 0.2) is 29.6 Å². The summed E-state index contributed by atoms with van der Waals surface area (Å²) in [4.78, 5) is 63.7. The van der Waals surface area contributed by atoms with Crippen LogP contribution in [0.3, 0.4) is 0 Å². The molecule has 1 aromatic carbocycles. The van der Waals surface area contributed by atoms with Crippen LogP contribution in [0.25, 0.3) is 0 Å². The smallest absolute Gasteiger partial charge is 0.292 e. The zero-order valence-electron chi connectivity index (χ0n) is 19.4. The molecule has 0 saturated carbocycles. The quantitative estimate of drug-likeness (QED) is 0.374. The van der Waals surface area contributed by atoms with Crippen LogP contribution < -0.4 is 10.6 Å². The van der Waals surface area contributed by atoms with Crippen molar-refractivity contribution < 1.29 is 24.0 Å². The molecule has 3 heterocycles. The lowest BCUT2D eigenvalue weighted by atomic mass is 9.86. The Morgan fingerprint density at radius 3 is 2.50 bits per heavy atom. The van der Waals surface area contributed by atoms with E-state index in [1.54, 1.807) is 17.5 Å². The van der Waals surface area contributed by atoms with Gasteiger partial charge >= 0.3 is 0 Å². The standard InChI is InChI=1S/C25H27N3O5S/c1-25(2,3)15-6-4-14(5-7-15)21(30)23(32)26-11-10-19-16-12-28(24(33)17(16)13-34-19)18-8-9-20(29)27-22(18)31/h4-7,13,18H,8-12H2,1-3H3,(H,26,32)(H,27,29,31)/t18-/m0/s1. The van der Waals surface area contributed by atoms with E-state index in [2.05, 4.69) is 31.4 Å². The molecule has 4 rings (SSSR count). The fourth-order valence-electron chi connectivity index (χ4n) is 4.24. The molecule has 8 nitrogen and oxygen atoms in total. The van der Waals surface area contributed by atoms with Gasteiger partial charge in [0.1, 0.15) is 6.04 Å². The lowest BCUT2D eigenvalue weighted by molar-refractivity contribution is -0.137. The third kappa shape index (κ3) is 4.65. The Balaban J connectivity index is 1.34. The number of carbonyl (C=O) groups excluding carboxylic acids is 5.